The molecule has 0 aliphatic heterocycles. The van der Waals surface area contributed by atoms with Crippen LogP contribution in [0, 0.1) is 13.8 Å². The maximum Gasteiger partial charge on any atom is 0.308 e. The number of hydrogen-bond donors (Lipinski definition) is 1. The molecule has 0 saturated heterocycles. The Morgan fingerprint density at radius 2 is 1.81 bits per heavy atom. The van der Waals surface area contributed by atoms with E-state index in [1.807, 2.05) is 19.9 Å². The highest BCUT2D eigenvalue weighted by Gasteiger charge is 2.11. The Morgan fingerprint density at radius 1 is 1.19 bits per heavy atom. The first-order valence-electron chi connectivity index (χ1n) is 4.97. The molecule has 1 aromatic carbocycles. The molecule has 0 atom stereocenters. The number of ether oxygens (including phenoxy) is 1. The molecule has 16 heavy (non-hydrogen) atoms. The summed E-state index contributed by atoms with van der Waals surface area (Å²) in [6.07, 6.45) is 0. The minimum Gasteiger partial charge on any atom is -0.424 e. The second-order valence-corrected chi connectivity index (χ2v) is 3.73. The summed E-state index contributed by atoms with van der Waals surface area (Å²) in [6, 6.07) is 3.66. The van der Waals surface area contributed by atoms with Gasteiger partial charge in [-0.05, 0) is 31.0 Å². The summed E-state index contributed by atoms with van der Waals surface area (Å²) in [5.41, 5.74) is 2.34. The molecule has 0 aliphatic carbocycles. The minimum absolute atomic E-state index is 0.196. The fourth-order valence-corrected chi connectivity index (χ4v) is 1.52. The van der Waals surface area contributed by atoms with Crippen LogP contribution < -0.4 is 10.1 Å². The van der Waals surface area contributed by atoms with Gasteiger partial charge in [-0.15, -0.1) is 0 Å². The summed E-state index contributed by atoms with van der Waals surface area (Å²) in [6.45, 7) is 6.48. The van der Waals surface area contributed by atoms with Crippen molar-refractivity contribution in [3.63, 3.8) is 0 Å². The number of amides is 1. The molecule has 1 rings (SSSR count). The lowest BCUT2D eigenvalue weighted by atomic mass is 10.1. The van der Waals surface area contributed by atoms with Crippen LogP contribution in [0.4, 0.5) is 5.69 Å². The largest absolute Gasteiger partial charge is 0.424 e. The number of aryl methyl sites for hydroxylation is 2. The molecule has 0 fully saturated rings. The van der Waals surface area contributed by atoms with Gasteiger partial charge in [0, 0.05) is 13.8 Å². The van der Waals surface area contributed by atoms with Gasteiger partial charge in [-0.3, -0.25) is 9.59 Å². The van der Waals surface area contributed by atoms with Crippen molar-refractivity contribution in [3.05, 3.63) is 23.3 Å². The Labute approximate surface area is 94.6 Å². The van der Waals surface area contributed by atoms with E-state index in [1.165, 1.54) is 13.8 Å². The molecule has 1 amide bonds. The molecule has 4 heteroatoms. The van der Waals surface area contributed by atoms with Crippen LogP contribution in [-0.2, 0) is 9.59 Å². The van der Waals surface area contributed by atoms with Gasteiger partial charge in [0.15, 0.2) is 5.75 Å². The Bertz CT molecular complexity index is 438. The van der Waals surface area contributed by atoms with Crippen LogP contribution in [0.15, 0.2) is 12.1 Å². The number of anilines is 1. The molecule has 0 radical (unpaired) electrons. The van der Waals surface area contributed by atoms with E-state index in [-0.39, 0.29) is 5.91 Å². The van der Waals surface area contributed by atoms with Gasteiger partial charge in [0.2, 0.25) is 5.91 Å². The number of esters is 1. The van der Waals surface area contributed by atoms with Crippen molar-refractivity contribution in [2.24, 2.45) is 0 Å². The van der Waals surface area contributed by atoms with Crippen LogP contribution in [0.3, 0.4) is 0 Å². The normalized spacial score (nSPS) is 9.75. The highest BCUT2D eigenvalue weighted by atomic mass is 16.5. The summed E-state index contributed by atoms with van der Waals surface area (Å²) >= 11 is 0. The molecule has 86 valence electrons. The summed E-state index contributed by atoms with van der Waals surface area (Å²) < 4.78 is 5.08. The number of benzene rings is 1. The van der Waals surface area contributed by atoms with E-state index in [1.54, 1.807) is 6.07 Å². The third kappa shape index (κ3) is 3.08. The Kier molecular flexibility index (Phi) is 3.66. The maximum atomic E-state index is 11.0. The molecule has 4 nitrogen and oxygen atoms in total. The van der Waals surface area contributed by atoms with E-state index in [0.29, 0.717) is 11.4 Å². The lowest BCUT2D eigenvalue weighted by molar-refractivity contribution is -0.132. The Balaban J connectivity index is 3.20. The minimum atomic E-state index is -0.404. The summed E-state index contributed by atoms with van der Waals surface area (Å²) in [7, 11) is 0. The maximum absolute atomic E-state index is 11.0. The van der Waals surface area contributed by atoms with Crippen molar-refractivity contribution >= 4 is 17.6 Å². The zero-order chi connectivity index (χ0) is 12.3. The molecular formula is C12H15NO3. The van der Waals surface area contributed by atoms with Crippen molar-refractivity contribution in [1.82, 2.24) is 0 Å². The molecule has 0 unspecified atom stereocenters. The molecule has 1 N–H and O–H groups in total. The van der Waals surface area contributed by atoms with E-state index in [2.05, 4.69) is 5.32 Å². The van der Waals surface area contributed by atoms with Gasteiger partial charge in [-0.2, -0.15) is 0 Å². The lowest BCUT2D eigenvalue weighted by Crippen LogP contribution is -2.11. The molecule has 1 aromatic rings. The van der Waals surface area contributed by atoms with Crippen LogP contribution in [0.5, 0.6) is 5.75 Å². The van der Waals surface area contributed by atoms with Crippen molar-refractivity contribution < 1.29 is 14.3 Å². The third-order valence-corrected chi connectivity index (χ3v) is 1.98. The molecule has 0 bridgehead atoms. The monoisotopic (exact) mass is 221 g/mol. The van der Waals surface area contributed by atoms with E-state index in [4.69, 9.17) is 4.74 Å². The van der Waals surface area contributed by atoms with Gasteiger partial charge in [0.1, 0.15) is 0 Å². The van der Waals surface area contributed by atoms with Crippen LogP contribution in [0.25, 0.3) is 0 Å². The lowest BCUT2D eigenvalue weighted by Gasteiger charge is -2.13. The van der Waals surface area contributed by atoms with Crippen LogP contribution in [0.2, 0.25) is 0 Å². The molecule has 0 saturated carbocycles. The van der Waals surface area contributed by atoms with Crippen molar-refractivity contribution in [2.75, 3.05) is 5.32 Å². The van der Waals surface area contributed by atoms with E-state index < -0.39 is 5.97 Å². The summed E-state index contributed by atoms with van der Waals surface area (Å²) in [4.78, 5) is 22.0. The first-order valence-corrected chi connectivity index (χ1v) is 4.97. The average molecular weight is 221 g/mol. The molecule has 0 aliphatic rings. The summed E-state index contributed by atoms with van der Waals surface area (Å²) in [5, 5.41) is 2.64. The number of nitrogens with one attached hydrogen (secondary N) is 1. The quantitative estimate of drug-likeness (QED) is 0.615. The fourth-order valence-electron chi connectivity index (χ4n) is 1.52. The van der Waals surface area contributed by atoms with Crippen LogP contribution >= 0.6 is 0 Å². The van der Waals surface area contributed by atoms with E-state index in [0.717, 1.165) is 11.1 Å². The van der Waals surface area contributed by atoms with Crippen molar-refractivity contribution in [2.45, 2.75) is 27.7 Å². The predicted octanol–water partition coefficient (Wildman–Crippen LogP) is 2.19. The highest BCUT2D eigenvalue weighted by Crippen LogP contribution is 2.30. The fraction of sp³-hybridized carbons (Fsp3) is 0.333. The highest BCUT2D eigenvalue weighted by molar-refractivity contribution is 5.91. The van der Waals surface area contributed by atoms with E-state index in [9.17, 15) is 9.59 Å². The summed E-state index contributed by atoms with van der Waals surface area (Å²) in [5.74, 6) is -0.190. The van der Waals surface area contributed by atoms with Crippen LogP contribution in [0.1, 0.15) is 25.0 Å². The topological polar surface area (TPSA) is 55.4 Å². The molecule has 0 heterocycles. The van der Waals surface area contributed by atoms with Gasteiger partial charge in [-0.25, -0.2) is 0 Å². The third-order valence-electron chi connectivity index (χ3n) is 1.98. The number of hydrogen-bond acceptors (Lipinski definition) is 3. The first-order chi connectivity index (χ1) is 7.40. The number of carbonyl (C=O) groups is 2. The van der Waals surface area contributed by atoms with Crippen molar-refractivity contribution in [1.29, 1.82) is 0 Å². The average Bonchev–Trinajstić information content (AvgIpc) is 2.09. The van der Waals surface area contributed by atoms with Gasteiger partial charge in [-0.1, -0.05) is 6.07 Å². The zero-order valence-corrected chi connectivity index (χ0v) is 9.88. The van der Waals surface area contributed by atoms with Crippen LogP contribution in [-0.4, -0.2) is 11.9 Å². The molecule has 0 aromatic heterocycles. The first kappa shape index (κ1) is 12.2. The standard InChI is InChI=1S/C12H15NO3/c1-7-5-8(2)12(16-10(4)15)11(6-7)13-9(3)14/h5-6H,1-4H3,(H,13,14). The number of carbonyl (C=O) groups excluding carboxylic acids is 2. The number of rotatable bonds is 2. The smallest absolute Gasteiger partial charge is 0.308 e. The van der Waals surface area contributed by atoms with Gasteiger partial charge in [0.25, 0.3) is 0 Å². The SMILES string of the molecule is CC(=O)Nc1cc(C)cc(C)c1OC(C)=O. The van der Waals surface area contributed by atoms with E-state index >= 15 is 0 Å². The molecule has 0 spiro atoms. The Hall–Kier alpha value is -1.84. The van der Waals surface area contributed by atoms with Crippen molar-refractivity contribution in [3.8, 4) is 5.75 Å². The molecular weight excluding hydrogens is 206 g/mol. The zero-order valence-electron chi connectivity index (χ0n) is 9.88. The van der Waals surface area contributed by atoms with Gasteiger partial charge < -0.3 is 10.1 Å². The van der Waals surface area contributed by atoms with Gasteiger partial charge >= 0.3 is 5.97 Å². The predicted molar refractivity (Wildman–Crippen MR) is 61.5 cm³/mol. The second-order valence-electron chi connectivity index (χ2n) is 3.73. The Morgan fingerprint density at radius 3 is 2.31 bits per heavy atom. The van der Waals surface area contributed by atoms with Gasteiger partial charge in [0.05, 0.1) is 5.69 Å². The second kappa shape index (κ2) is 4.79.